The number of likely N-dealkylation sites (tertiary alicyclic amines) is 1. The Bertz CT molecular complexity index is 759. The molecular formula is C20H23F3N2O2S. The first-order valence-corrected chi connectivity index (χ1v) is 10.3. The minimum Gasteiger partial charge on any atom is -0.468 e. The van der Waals surface area contributed by atoms with Crippen LogP contribution in [-0.2, 0) is 11.0 Å². The number of carbonyl (C=O) groups excluding carboxylic acids is 1. The lowest BCUT2D eigenvalue weighted by molar-refractivity contribution is -0.137. The minimum absolute atomic E-state index is 0.0298. The maximum absolute atomic E-state index is 12.8. The van der Waals surface area contributed by atoms with Gasteiger partial charge >= 0.3 is 6.18 Å². The quantitative estimate of drug-likeness (QED) is 0.668. The topological polar surface area (TPSA) is 45.5 Å². The molecule has 2 aromatic rings. The summed E-state index contributed by atoms with van der Waals surface area (Å²) in [5.41, 5.74) is -0.708. The van der Waals surface area contributed by atoms with E-state index >= 15 is 0 Å². The second-order valence-corrected chi connectivity index (χ2v) is 7.79. The Morgan fingerprint density at radius 1 is 1.18 bits per heavy atom. The van der Waals surface area contributed by atoms with Gasteiger partial charge in [-0.05, 0) is 56.3 Å². The molecule has 1 fully saturated rings. The highest BCUT2D eigenvalue weighted by Gasteiger charge is 2.30. The molecule has 28 heavy (non-hydrogen) atoms. The first-order chi connectivity index (χ1) is 13.4. The van der Waals surface area contributed by atoms with Crippen molar-refractivity contribution in [3.63, 3.8) is 0 Å². The first-order valence-electron chi connectivity index (χ1n) is 9.28. The maximum Gasteiger partial charge on any atom is 0.416 e. The third-order valence-corrected chi connectivity index (χ3v) is 5.72. The monoisotopic (exact) mass is 412 g/mol. The molecule has 0 saturated carbocycles. The van der Waals surface area contributed by atoms with Crippen molar-refractivity contribution in [1.29, 1.82) is 0 Å². The Hall–Kier alpha value is -1.93. The number of rotatable bonds is 7. The van der Waals surface area contributed by atoms with Crippen LogP contribution in [0.2, 0.25) is 0 Å². The molecule has 8 heteroatoms. The molecule has 4 nitrogen and oxygen atoms in total. The number of carbonyl (C=O) groups is 1. The van der Waals surface area contributed by atoms with Gasteiger partial charge in [-0.2, -0.15) is 13.2 Å². The molecule has 1 atom stereocenters. The smallest absolute Gasteiger partial charge is 0.416 e. The highest BCUT2D eigenvalue weighted by atomic mass is 32.2. The van der Waals surface area contributed by atoms with Crippen LogP contribution in [0.25, 0.3) is 0 Å². The van der Waals surface area contributed by atoms with Crippen molar-refractivity contribution >= 4 is 17.7 Å². The van der Waals surface area contributed by atoms with E-state index in [9.17, 15) is 18.0 Å². The second kappa shape index (κ2) is 9.52. The number of nitrogens with one attached hydrogen (secondary N) is 1. The molecular weight excluding hydrogens is 389 g/mol. The number of halogens is 3. The summed E-state index contributed by atoms with van der Waals surface area (Å²) in [6, 6.07) is 8.73. The Labute approximate surface area is 166 Å². The molecule has 0 radical (unpaired) electrons. The SMILES string of the molecule is O=C(CSc1cccc(C(F)(F)F)c1)NCC(c1ccco1)N1CCCCC1. The van der Waals surface area contributed by atoms with E-state index in [0.29, 0.717) is 11.4 Å². The second-order valence-electron chi connectivity index (χ2n) is 6.75. The molecule has 152 valence electrons. The van der Waals surface area contributed by atoms with E-state index in [1.54, 1.807) is 12.3 Å². The Morgan fingerprint density at radius 3 is 2.64 bits per heavy atom. The molecule has 1 saturated heterocycles. The molecule has 2 heterocycles. The number of hydrogen-bond acceptors (Lipinski definition) is 4. The van der Waals surface area contributed by atoms with Crippen molar-refractivity contribution in [3.8, 4) is 0 Å². The molecule has 1 aliphatic heterocycles. The zero-order valence-electron chi connectivity index (χ0n) is 15.4. The van der Waals surface area contributed by atoms with Gasteiger partial charge in [0.05, 0.1) is 23.6 Å². The molecule has 3 rings (SSSR count). The van der Waals surface area contributed by atoms with Crippen LogP contribution in [0.1, 0.15) is 36.6 Å². The van der Waals surface area contributed by atoms with E-state index in [4.69, 9.17) is 4.42 Å². The lowest BCUT2D eigenvalue weighted by atomic mass is 10.1. The average molecular weight is 412 g/mol. The highest BCUT2D eigenvalue weighted by Crippen LogP contribution is 2.32. The van der Waals surface area contributed by atoms with Gasteiger partial charge in [-0.15, -0.1) is 11.8 Å². The van der Waals surface area contributed by atoms with Gasteiger partial charge in [-0.1, -0.05) is 12.5 Å². The van der Waals surface area contributed by atoms with Crippen LogP contribution in [0, 0.1) is 0 Å². The molecule has 1 amide bonds. The van der Waals surface area contributed by atoms with E-state index in [0.717, 1.165) is 55.6 Å². The Kier molecular flexibility index (Phi) is 7.07. The number of nitrogens with zero attached hydrogens (tertiary/aromatic N) is 1. The van der Waals surface area contributed by atoms with Gasteiger partial charge in [-0.3, -0.25) is 9.69 Å². The fourth-order valence-electron chi connectivity index (χ4n) is 3.29. The summed E-state index contributed by atoms with van der Waals surface area (Å²) < 4.78 is 43.9. The number of hydrogen-bond donors (Lipinski definition) is 1. The van der Waals surface area contributed by atoms with E-state index in [2.05, 4.69) is 10.2 Å². The predicted molar refractivity (Wildman–Crippen MR) is 102 cm³/mol. The van der Waals surface area contributed by atoms with Crippen molar-refractivity contribution in [2.24, 2.45) is 0 Å². The standard InChI is InChI=1S/C20H23F3N2O2S/c21-20(22,23)15-6-4-7-16(12-15)28-14-19(26)24-13-17(18-8-5-11-27-18)25-9-2-1-3-10-25/h4-8,11-12,17H,1-3,9-10,13-14H2,(H,24,26). The van der Waals surface area contributed by atoms with E-state index in [1.807, 2.05) is 12.1 Å². The summed E-state index contributed by atoms with van der Waals surface area (Å²) in [4.78, 5) is 15.0. The van der Waals surface area contributed by atoms with Crippen LogP contribution in [0.5, 0.6) is 0 Å². The van der Waals surface area contributed by atoms with Crippen LogP contribution < -0.4 is 5.32 Å². The summed E-state index contributed by atoms with van der Waals surface area (Å²) in [5.74, 6) is 0.662. The maximum atomic E-state index is 12.8. The van der Waals surface area contributed by atoms with Gasteiger partial charge in [0.15, 0.2) is 0 Å². The number of alkyl halides is 3. The molecule has 0 bridgehead atoms. The summed E-state index contributed by atoms with van der Waals surface area (Å²) in [7, 11) is 0. The molecule has 0 spiro atoms. The lowest BCUT2D eigenvalue weighted by Gasteiger charge is -2.33. The van der Waals surface area contributed by atoms with Gasteiger partial charge < -0.3 is 9.73 Å². The average Bonchev–Trinajstić information content (AvgIpc) is 3.21. The van der Waals surface area contributed by atoms with Crippen molar-refractivity contribution in [2.75, 3.05) is 25.4 Å². The molecule has 0 aliphatic carbocycles. The molecule has 1 aliphatic rings. The molecule has 1 unspecified atom stereocenters. The molecule has 1 aromatic heterocycles. The number of piperidine rings is 1. The fourth-order valence-corrected chi connectivity index (χ4v) is 4.08. The number of benzene rings is 1. The zero-order valence-corrected chi connectivity index (χ0v) is 16.2. The van der Waals surface area contributed by atoms with E-state index in [1.165, 1.54) is 12.5 Å². The van der Waals surface area contributed by atoms with Crippen LogP contribution in [-0.4, -0.2) is 36.2 Å². The van der Waals surface area contributed by atoms with Crippen molar-refractivity contribution < 1.29 is 22.4 Å². The lowest BCUT2D eigenvalue weighted by Crippen LogP contribution is -2.40. The Morgan fingerprint density at radius 2 is 1.96 bits per heavy atom. The minimum atomic E-state index is -4.39. The van der Waals surface area contributed by atoms with Crippen LogP contribution in [0.15, 0.2) is 52.0 Å². The highest BCUT2D eigenvalue weighted by molar-refractivity contribution is 8.00. The van der Waals surface area contributed by atoms with Crippen LogP contribution >= 0.6 is 11.8 Å². The predicted octanol–water partition coefficient (Wildman–Crippen LogP) is 4.73. The van der Waals surface area contributed by atoms with Gasteiger partial charge in [0.1, 0.15) is 5.76 Å². The fraction of sp³-hybridized carbons (Fsp3) is 0.450. The van der Waals surface area contributed by atoms with Gasteiger partial charge in [0.2, 0.25) is 5.91 Å². The number of amides is 1. The number of furan rings is 1. The molecule has 1 aromatic carbocycles. The van der Waals surface area contributed by atoms with Crippen LogP contribution in [0.4, 0.5) is 13.2 Å². The molecule has 1 N–H and O–H groups in total. The third-order valence-electron chi connectivity index (χ3n) is 4.73. The summed E-state index contributed by atoms with van der Waals surface area (Å²) >= 11 is 1.09. The van der Waals surface area contributed by atoms with E-state index in [-0.39, 0.29) is 17.7 Å². The Balaban J connectivity index is 1.53. The van der Waals surface area contributed by atoms with Gasteiger partial charge in [0, 0.05) is 11.4 Å². The third kappa shape index (κ3) is 5.78. The van der Waals surface area contributed by atoms with Crippen molar-refractivity contribution in [2.45, 2.75) is 36.4 Å². The van der Waals surface area contributed by atoms with E-state index < -0.39 is 11.7 Å². The normalized spacial score (nSPS) is 16.7. The first kappa shape index (κ1) is 20.8. The van der Waals surface area contributed by atoms with Gasteiger partial charge in [0.25, 0.3) is 0 Å². The van der Waals surface area contributed by atoms with Crippen LogP contribution in [0.3, 0.4) is 0 Å². The van der Waals surface area contributed by atoms with Crippen molar-refractivity contribution in [1.82, 2.24) is 10.2 Å². The number of thioether (sulfide) groups is 1. The summed E-state index contributed by atoms with van der Waals surface area (Å²) in [6.07, 6.45) is 0.690. The largest absolute Gasteiger partial charge is 0.468 e. The summed E-state index contributed by atoms with van der Waals surface area (Å²) in [5, 5.41) is 2.90. The summed E-state index contributed by atoms with van der Waals surface area (Å²) in [6.45, 7) is 2.33. The van der Waals surface area contributed by atoms with Gasteiger partial charge in [-0.25, -0.2) is 0 Å². The zero-order chi connectivity index (χ0) is 20.0. The van der Waals surface area contributed by atoms with Crippen molar-refractivity contribution in [3.05, 3.63) is 54.0 Å².